The van der Waals surface area contributed by atoms with E-state index in [4.69, 9.17) is 16.3 Å². The third-order valence-corrected chi connectivity index (χ3v) is 4.00. The zero-order valence-electron chi connectivity index (χ0n) is 16.3. The number of para-hydroxylation sites is 1. The van der Waals surface area contributed by atoms with Crippen LogP contribution in [0.15, 0.2) is 54.6 Å². The Labute approximate surface area is 174 Å². The van der Waals surface area contributed by atoms with Gasteiger partial charge in [0.2, 0.25) is 0 Å². The highest BCUT2D eigenvalue weighted by atomic mass is 35.5. The summed E-state index contributed by atoms with van der Waals surface area (Å²) in [5, 5.41) is 6.00. The van der Waals surface area contributed by atoms with Gasteiger partial charge in [0.25, 0.3) is 11.8 Å². The van der Waals surface area contributed by atoms with Crippen molar-refractivity contribution < 1.29 is 19.1 Å². The molecule has 7 heteroatoms. The molecule has 29 heavy (non-hydrogen) atoms. The number of hydrogen-bond acceptors (Lipinski definition) is 4. The Hall–Kier alpha value is -3.12. The van der Waals surface area contributed by atoms with Gasteiger partial charge in [0.1, 0.15) is 0 Å². The minimum absolute atomic E-state index is 0.280. The average Bonchev–Trinajstić information content (AvgIpc) is 2.70. The van der Waals surface area contributed by atoms with Crippen LogP contribution in [0.3, 0.4) is 0 Å². The molecule has 0 atom stereocenters. The lowest BCUT2D eigenvalue weighted by Crippen LogP contribution is -2.29. The molecule has 0 aliphatic rings. The molecular formula is C22H23ClN2O4. The molecule has 2 aromatic rings. The van der Waals surface area contributed by atoms with Gasteiger partial charge in [-0.15, -0.1) is 0 Å². The molecule has 0 radical (unpaired) electrons. The van der Waals surface area contributed by atoms with Gasteiger partial charge in [0, 0.05) is 17.6 Å². The second-order valence-corrected chi connectivity index (χ2v) is 7.13. The summed E-state index contributed by atoms with van der Waals surface area (Å²) in [5.74, 6) is -1.17. The molecule has 0 aromatic heterocycles. The number of amides is 2. The Morgan fingerprint density at radius 1 is 1.07 bits per heavy atom. The maximum atomic E-state index is 12.3. The largest absolute Gasteiger partial charge is 0.452 e. The average molecular weight is 415 g/mol. The van der Waals surface area contributed by atoms with Crippen LogP contribution in [0.1, 0.15) is 29.8 Å². The molecular weight excluding hydrogens is 392 g/mol. The second kappa shape index (κ2) is 11.0. The van der Waals surface area contributed by atoms with Crippen LogP contribution >= 0.6 is 11.6 Å². The fourth-order valence-electron chi connectivity index (χ4n) is 2.29. The fraction of sp³-hybridized carbons (Fsp3) is 0.227. The SMILES string of the molecule is CC(C)CNC(=O)c1ccccc1NC(=O)COC(=O)/C=C/c1ccc(Cl)cc1. The van der Waals surface area contributed by atoms with Crippen molar-refractivity contribution in [1.29, 1.82) is 0 Å². The number of halogens is 1. The molecule has 0 saturated heterocycles. The van der Waals surface area contributed by atoms with Gasteiger partial charge in [-0.3, -0.25) is 9.59 Å². The molecule has 0 spiro atoms. The fourth-order valence-corrected chi connectivity index (χ4v) is 2.42. The summed E-state index contributed by atoms with van der Waals surface area (Å²) in [6.07, 6.45) is 2.79. The lowest BCUT2D eigenvalue weighted by molar-refractivity contribution is -0.142. The summed E-state index contributed by atoms with van der Waals surface area (Å²) in [7, 11) is 0. The van der Waals surface area contributed by atoms with Crippen LogP contribution in [-0.4, -0.2) is 30.9 Å². The number of anilines is 1. The summed E-state index contributed by atoms with van der Waals surface area (Å²) in [5.41, 5.74) is 1.47. The highest BCUT2D eigenvalue weighted by molar-refractivity contribution is 6.30. The van der Waals surface area contributed by atoms with Crippen LogP contribution in [0.4, 0.5) is 5.69 Å². The Morgan fingerprint density at radius 2 is 1.76 bits per heavy atom. The lowest BCUT2D eigenvalue weighted by Gasteiger charge is -2.12. The zero-order chi connectivity index (χ0) is 21.2. The maximum Gasteiger partial charge on any atom is 0.331 e. The van der Waals surface area contributed by atoms with E-state index in [0.29, 0.717) is 28.7 Å². The molecule has 6 nitrogen and oxygen atoms in total. The molecule has 2 amide bonds. The van der Waals surface area contributed by atoms with Crippen LogP contribution in [0.2, 0.25) is 5.02 Å². The number of ether oxygens (including phenoxy) is 1. The van der Waals surface area contributed by atoms with Crippen molar-refractivity contribution in [1.82, 2.24) is 5.32 Å². The minimum Gasteiger partial charge on any atom is -0.452 e. The standard InChI is InChI=1S/C22H23ClN2O4/c1-15(2)13-24-22(28)18-5-3-4-6-19(18)25-20(26)14-29-21(27)12-9-16-7-10-17(23)11-8-16/h3-12,15H,13-14H2,1-2H3,(H,24,28)(H,25,26)/b12-9+. The molecule has 2 N–H and O–H groups in total. The van der Waals surface area contributed by atoms with Crippen molar-refractivity contribution in [3.8, 4) is 0 Å². The first kappa shape index (κ1) is 22.2. The highest BCUT2D eigenvalue weighted by Crippen LogP contribution is 2.15. The molecule has 2 rings (SSSR count). The molecule has 152 valence electrons. The maximum absolute atomic E-state index is 12.3. The summed E-state index contributed by atoms with van der Waals surface area (Å²) in [4.78, 5) is 36.2. The summed E-state index contributed by atoms with van der Waals surface area (Å²) >= 11 is 5.80. The molecule has 0 saturated carbocycles. The van der Waals surface area contributed by atoms with Gasteiger partial charge in [-0.2, -0.15) is 0 Å². The van der Waals surface area contributed by atoms with Crippen molar-refractivity contribution in [2.45, 2.75) is 13.8 Å². The van der Waals surface area contributed by atoms with Gasteiger partial charge in [0.15, 0.2) is 6.61 Å². The zero-order valence-corrected chi connectivity index (χ0v) is 17.0. The van der Waals surface area contributed by atoms with Crippen molar-refractivity contribution in [2.75, 3.05) is 18.5 Å². The third kappa shape index (κ3) is 7.79. The van der Waals surface area contributed by atoms with Crippen LogP contribution in [0.5, 0.6) is 0 Å². The minimum atomic E-state index is -0.655. The molecule has 0 aliphatic carbocycles. The topological polar surface area (TPSA) is 84.5 Å². The van der Waals surface area contributed by atoms with Gasteiger partial charge in [-0.1, -0.05) is 49.7 Å². The monoisotopic (exact) mass is 414 g/mol. The van der Waals surface area contributed by atoms with Gasteiger partial charge in [-0.05, 0) is 41.8 Å². The predicted octanol–water partition coefficient (Wildman–Crippen LogP) is 3.92. The smallest absolute Gasteiger partial charge is 0.331 e. The van der Waals surface area contributed by atoms with Gasteiger partial charge in [0.05, 0.1) is 11.3 Å². The normalized spacial score (nSPS) is 10.8. The van der Waals surface area contributed by atoms with E-state index in [1.54, 1.807) is 54.6 Å². The number of hydrogen-bond donors (Lipinski definition) is 2. The second-order valence-electron chi connectivity index (χ2n) is 6.69. The summed E-state index contributed by atoms with van der Waals surface area (Å²) < 4.78 is 4.94. The van der Waals surface area contributed by atoms with Crippen LogP contribution < -0.4 is 10.6 Å². The van der Waals surface area contributed by atoms with Gasteiger partial charge < -0.3 is 15.4 Å². The van der Waals surface area contributed by atoms with E-state index in [1.165, 1.54) is 6.08 Å². The number of nitrogens with one attached hydrogen (secondary N) is 2. The number of carbonyl (C=O) groups is 3. The Morgan fingerprint density at radius 3 is 2.45 bits per heavy atom. The quantitative estimate of drug-likeness (QED) is 0.506. The number of carbonyl (C=O) groups excluding carboxylic acids is 3. The van der Waals surface area contributed by atoms with Crippen molar-refractivity contribution >= 4 is 41.1 Å². The Bertz CT molecular complexity index is 892. The number of benzene rings is 2. The van der Waals surface area contributed by atoms with E-state index in [-0.39, 0.29) is 5.91 Å². The van der Waals surface area contributed by atoms with Crippen LogP contribution in [-0.2, 0) is 14.3 Å². The summed E-state index contributed by atoms with van der Waals surface area (Å²) in [6, 6.07) is 13.6. The van der Waals surface area contributed by atoms with E-state index in [2.05, 4.69) is 10.6 Å². The van der Waals surface area contributed by atoms with E-state index in [1.807, 2.05) is 13.8 Å². The Balaban J connectivity index is 1.88. The number of esters is 1. The van der Waals surface area contributed by atoms with Gasteiger partial charge in [-0.25, -0.2) is 4.79 Å². The van der Waals surface area contributed by atoms with E-state index >= 15 is 0 Å². The van der Waals surface area contributed by atoms with Gasteiger partial charge >= 0.3 is 5.97 Å². The van der Waals surface area contributed by atoms with E-state index in [9.17, 15) is 14.4 Å². The molecule has 0 aliphatic heterocycles. The summed E-state index contributed by atoms with van der Waals surface area (Å²) in [6.45, 7) is 4.04. The van der Waals surface area contributed by atoms with Crippen molar-refractivity contribution in [2.24, 2.45) is 5.92 Å². The molecule has 0 heterocycles. The van der Waals surface area contributed by atoms with Crippen molar-refractivity contribution in [3.05, 3.63) is 70.8 Å². The first-order valence-corrected chi connectivity index (χ1v) is 9.50. The Kier molecular flexibility index (Phi) is 8.43. The van der Waals surface area contributed by atoms with E-state index < -0.39 is 18.5 Å². The first-order valence-electron chi connectivity index (χ1n) is 9.12. The molecule has 2 aromatic carbocycles. The number of rotatable bonds is 8. The molecule has 0 fully saturated rings. The molecule has 0 bridgehead atoms. The van der Waals surface area contributed by atoms with E-state index in [0.717, 1.165) is 5.56 Å². The first-order chi connectivity index (χ1) is 13.8. The van der Waals surface area contributed by atoms with Crippen molar-refractivity contribution in [3.63, 3.8) is 0 Å². The third-order valence-electron chi connectivity index (χ3n) is 3.74. The molecule has 0 unspecified atom stereocenters. The van der Waals surface area contributed by atoms with Crippen LogP contribution in [0, 0.1) is 5.92 Å². The lowest BCUT2D eigenvalue weighted by atomic mass is 10.1. The van der Waals surface area contributed by atoms with Crippen LogP contribution in [0.25, 0.3) is 6.08 Å². The highest BCUT2D eigenvalue weighted by Gasteiger charge is 2.14. The predicted molar refractivity (Wildman–Crippen MR) is 114 cm³/mol.